The number of allylic oxidation sites excluding steroid dienone is 1. The standard InChI is InChI=1S/C25H36O6Si/c1-10-11-18-14-22(28-5)25(23(15-18)29-6)30-17(2)24(31-32(7,8)9)19-12-13-20(26-3)21(16-19)27-4/h10,12-17,24H,1,11H2,2-9H3. The molecule has 2 aromatic rings. The minimum Gasteiger partial charge on any atom is -0.493 e. The quantitative estimate of drug-likeness (QED) is 0.294. The molecular weight excluding hydrogens is 424 g/mol. The van der Waals surface area contributed by atoms with Crippen molar-refractivity contribution in [2.75, 3.05) is 28.4 Å². The smallest absolute Gasteiger partial charge is 0.203 e. The molecule has 0 aliphatic heterocycles. The van der Waals surface area contributed by atoms with Crippen LogP contribution in [0.4, 0.5) is 0 Å². The van der Waals surface area contributed by atoms with Gasteiger partial charge >= 0.3 is 0 Å². The van der Waals surface area contributed by atoms with Crippen LogP contribution >= 0.6 is 0 Å². The van der Waals surface area contributed by atoms with Crippen molar-refractivity contribution in [1.29, 1.82) is 0 Å². The Morgan fingerprint density at radius 3 is 1.88 bits per heavy atom. The molecule has 2 aromatic carbocycles. The number of ether oxygens (including phenoxy) is 5. The lowest BCUT2D eigenvalue weighted by Gasteiger charge is -2.32. The maximum Gasteiger partial charge on any atom is 0.203 e. The molecule has 0 aromatic heterocycles. The fourth-order valence-electron chi connectivity index (χ4n) is 3.43. The zero-order valence-corrected chi connectivity index (χ0v) is 21.5. The van der Waals surface area contributed by atoms with Gasteiger partial charge in [-0.1, -0.05) is 12.1 Å². The molecule has 0 saturated carbocycles. The first-order valence-electron chi connectivity index (χ1n) is 10.6. The van der Waals surface area contributed by atoms with Gasteiger partial charge in [0, 0.05) is 0 Å². The van der Waals surface area contributed by atoms with Crippen LogP contribution in [-0.4, -0.2) is 42.9 Å². The van der Waals surface area contributed by atoms with E-state index >= 15 is 0 Å². The van der Waals surface area contributed by atoms with Crippen molar-refractivity contribution in [1.82, 2.24) is 0 Å². The van der Waals surface area contributed by atoms with E-state index in [1.807, 2.05) is 43.3 Å². The molecular formula is C25H36O6Si. The Balaban J connectivity index is 2.47. The van der Waals surface area contributed by atoms with Gasteiger partial charge in [-0.25, -0.2) is 0 Å². The molecule has 0 heterocycles. The van der Waals surface area contributed by atoms with Crippen LogP contribution in [0.2, 0.25) is 19.6 Å². The molecule has 2 unspecified atom stereocenters. The lowest BCUT2D eigenvalue weighted by atomic mass is 10.0. The van der Waals surface area contributed by atoms with Gasteiger partial charge in [0.15, 0.2) is 31.3 Å². The number of methoxy groups -OCH3 is 4. The van der Waals surface area contributed by atoms with Gasteiger partial charge in [-0.05, 0) is 68.4 Å². The summed E-state index contributed by atoms with van der Waals surface area (Å²) >= 11 is 0. The molecule has 0 spiro atoms. The molecule has 0 aliphatic carbocycles. The third-order valence-electron chi connectivity index (χ3n) is 4.85. The Hall–Kier alpha value is -2.64. The van der Waals surface area contributed by atoms with E-state index in [1.54, 1.807) is 28.4 Å². The highest BCUT2D eigenvalue weighted by atomic mass is 28.4. The van der Waals surface area contributed by atoms with Crippen molar-refractivity contribution >= 4 is 8.32 Å². The fourth-order valence-corrected chi connectivity index (χ4v) is 4.52. The van der Waals surface area contributed by atoms with Gasteiger partial charge < -0.3 is 28.1 Å². The maximum atomic E-state index is 6.56. The average molecular weight is 461 g/mol. The van der Waals surface area contributed by atoms with Gasteiger partial charge in [0.1, 0.15) is 12.2 Å². The molecule has 0 fully saturated rings. The number of hydrogen-bond acceptors (Lipinski definition) is 6. The molecule has 0 bridgehead atoms. The Morgan fingerprint density at radius 2 is 1.41 bits per heavy atom. The molecule has 6 nitrogen and oxygen atoms in total. The summed E-state index contributed by atoms with van der Waals surface area (Å²) in [6.07, 6.45) is 1.87. The summed E-state index contributed by atoms with van der Waals surface area (Å²) in [7, 11) is 4.56. The Bertz CT molecular complexity index is 881. The lowest BCUT2D eigenvalue weighted by Crippen LogP contribution is -2.35. The average Bonchev–Trinajstić information content (AvgIpc) is 2.77. The Labute approximate surface area is 193 Å². The van der Waals surface area contributed by atoms with Crippen LogP contribution in [0, 0.1) is 0 Å². The van der Waals surface area contributed by atoms with Crippen LogP contribution in [-0.2, 0) is 10.8 Å². The molecule has 0 N–H and O–H groups in total. The first-order chi connectivity index (χ1) is 15.2. The number of hydrogen-bond donors (Lipinski definition) is 0. The molecule has 7 heteroatoms. The summed E-state index contributed by atoms with van der Waals surface area (Å²) in [4.78, 5) is 0. The second kappa shape index (κ2) is 11.3. The molecule has 176 valence electrons. The summed E-state index contributed by atoms with van der Waals surface area (Å²) in [5, 5.41) is 0. The summed E-state index contributed by atoms with van der Waals surface area (Å²) < 4.78 is 35.1. The van der Waals surface area contributed by atoms with Gasteiger partial charge in [-0.15, -0.1) is 6.58 Å². The minimum atomic E-state index is -1.92. The highest BCUT2D eigenvalue weighted by Crippen LogP contribution is 2.42. The van der Waals surface area contributed by atoms with Crippen LogP contribution in [0.3, 0.4) is 0 Å². The van der Waals surface area contributed by atoms with Crippen molar-refractivity contribution in [2.24, 2.45) is 0 Å². The van der Waals surface area contributed by atoms with Crippen molar-refractivity contribution < 1.29 is 28.1 Å². The fraction of sp³-hybridized carbons (Fsp3) is 0.440. The molecule has 0 saturated heterocycles. The van der Waals surface area contributed by atoms with Crippen molar-refractivity contribution in [2.45, 2.75) is 45.2 Å². The van der Waals surface area contributed by atoms with E-state index < -0.39 is 8.32 Å². The van der Waals surface area contributed by atoms with E-state index in [1.165, 1.54) is 0 Å². The zero-order chi connectivity index (χ0) is 23.9. The SMILES string of the molecule is C=CCc1cc(OC)c(OC(C)C(O[Si](C)(C)C)c2ccc(OC)c(OC)c2)c(OC)c1. The second-order valence-corrected chi connectivity index (χ2v) is 12.9. The largest absolute Gasteiger partial charge is 0.493 e. The molecule has 2 atom stereocenters. The third kappa shape index (κ3) is 6.43. The van der Waals surface area contributed by atoms with E-state index in [9.17, 15) is 0 Å². The van der Waals surface area contributed by atoms with Gasteiger partial charge in [-0.2, -0.15) is 0 Å². The molecule has 0 amide bonds. The summed E-state index contributed by atoms with van der Waals surface area (Å²) in [5.41, 5.74) is 1.97. The van der Waals surface area contributed by atoms with Crippen LogP contribution in [0.15, 0.2) is 43.0 Å². The van der Waals surface area contributed by atoms with E-state index in [2.05, 4.69) is 26.2 Å². The molecule has 32 heavy (non-hydrogen) atoms. The van der Waals surface area contributed by atoms with Gasteiger partial charge in [0.25, 0.3) is 0 Å². The number of benzene rings is 2. The van der Waals surface area contributed by atoms with E-state index in [-0.39, 0.29) is 12.2 Å². The second-order valence-electron chi connectivity index (χ2n) is 8.41. The van der Waals surface area contributed by atoms with Crippen LogP contribution < -0.4 is 23.7 Å². The first-order valence-corrected chi connectivity index (χ1v) is 14.0. The van der Waals surface area contributed by atoms with Crippen LogP contribution in [0.5, 0.6) is 28.7 Å². The number of rotatable bonds is 12. The van der Waals surface area contributed by atoms with Crippen LogP contribution in [0.1, 0.15) is 24.2 Å². The van der Waals surface area contributed by atoms with Crippen molar-refractivity contribution in [3.05, 3.63) is 54.1 Å². The minimum absolute atomic E-state index is 0.330. The predicted octanol–water partition coefficient (Wildman–Crippen LogP) is 5.81. The maximum absolute atomic E-state index is 6.56. The lowest BCUT2D eigenvalue weighted by molar-refractivity contribution is 0.0559. The Kier molecular flexibility index (Phi) is 9.04. The Morgan fingerprint density at radius 1 is 0.844 bits per heavy atom. The highest BCUT2D eigenvalue weighted by Gasteiger charge is 2.30. The summed E-state index contributed by atoms with van der Waals surface area (Å²) in [6, 6.07) is 9.68. The van der Waals surface area contributed by atoms with E-state index in [4.69, 9.17) is 28.1 Å². The van der Waals surface area contributed by atoms with E-state index in [0.29, 0.717) is 35.2 Å². The van der Waals surface area contributed by atoms with Crippen molar-refractivity contribution in [3.63, 3.8) is 0 Å². The van der Waals surface area contributed by atoms with Gasteiger partial charge in [0.2, 0.25) is 5.75 Å². The topological polar surface area (TPSA) is 55.4 Å². The van der Waals surface area contributed by atoms with Gasteiger partial charge in [-0.3, -0.25) is 0 Å². The third-order valence-corrected chi connectivity index (χ3v) is 5.81. The van der Waals surface area contributed by atoms with E-state index in [0.717, 1.165) is 11.1 Å². The van der Waals surface area contributed by atoms with Crippen molar-refractivity contribution in [3.8, 4) is 28.7 Å². The van der Waals surface area contributed by atoms with Gasteiger partial charge in [0.05, 0.1) is 28.4 Å². The highest BCUT2D eigenvalue weighted by molar-refractivity contribution is 6.69. The molecule has 2 rings (SSSR count). The molecule has 0 aliphatic rings. The monoisotopic (exact) mass is 460 g/mol. The first kappa shape index (κ1) is 25.6. The predicted molar refractivity (Wildman–Crippen MR) is 130 cm³/mol. The zero-order valence-electron chi connectivity index (χ0n) is 20.5. The molecule has 0 radical (unpaired) electrons. The summed E-state index contributed by atoms with van der Waals surface area (Å²) in [5.74, 6) is 3.06. The summed E-state index contributed by atoms with van der Waals surface area (Å²) in [6.45, 7) is 12.2. The van der Waals surface area contributed by atoms with Crippen LogP contribution in [0.25, 0.3) is 0 Å². The normalized spacial score (nSPS) is 13.1.